The minimum Gasteiger partial charge on any atom is -0.463 e. The van der Waals surface area contributed by atoms with Crippen molar-refractivity contribution < 1.29 is 9.53 Å². The highest BCUT2D eigenvalue weighted by molar-refractivity contribution is 5.81. The van der Waals surface area contributed by atoms with Crippen LogP contribution in [0.2, 0.25) is 0 Å². The number of ether oxygens (including phenoxy) is 1. The van der Waals surface area contributed by atoms with E-state index in [0.717, 1.165) is 12.5 Å². The van der Waals surface area contributed by atoms with Crippen LogP contribution in [0.3, 0.4) is 0 Å². The minimum atomic E-state index is -0.359. The molecule has 1 aromatic heterocycles. The third kappa shape index (κ3) is 7.43. The fraction of sp³-hybridized carbons (Fsp3) is 0.333. The maximum Gasteiger partial charge on any atom is 0.330 e. The van der Waals surface area contributed by atoms with Gasteiger partial charge in [0.05, 0.1) is 6.61 Å². The topological polar surface area (TPSA) is 39.2 Å². The van der Waals surface area contributed by atoms with E-state index >= 15 is 0 Å². The van der Waals surface area contributed by atoms with Crippen LogP contribution in [0.4, 0.5) is 0 Å². The average molecular weight is 207 g/mol. The number of esters is 1. The van der Waals surface area contributed by atoms with Crippen molar-refractivity contribution in [3.8, 4) is 0 Å². The Kier molecular flexibility index (Phi) is 7.96. The van der Waals surface area contributed by atoms with Gasteiger partial charge < -0.3 is 4.74 Å². The summed E-state index contributed by atoms with van der Waals surface area (Å²) in [6.45, 7) is 7.50. The zero-order valence-corrected chi connectivity index (χ0v) is 9.27. The van der Waals surface area contributed by atoms with E-state index in [2.05, 4.69) is 29.3 Å². The largest absolute Gasteiger partial charge is 0.463 e. The van der Waals surface area contributed by atoms with E-state index in [9.17, 15) is 4.79 Å². The Morgan fingerprint density at radius 1 is 1.60 bits per heavy atom. The summed E-state index contributed by atoms with van der Waals surface area (Å²) < 4.78 is 4.43. The number of carbonyl (C=O) groups is 1. The fourth-order valence-electron chi connectivity index (χ4n) is 0.808. The Balaban J connectivity index is 0.000000265. The van der Waals surface area contributed by atoms with Crippen molar-refractivity contribution in [3.63, 3.8) is 0 Å². The first-order valence-electron chi connectivity index (χ1n) is 4.92. The number of aromatic nitrogens is 1. The number of nitrogens with zero attached hydrogens (tertiary/aromatic N) is 1. The van der Waals surface area contributed by atoms with E-state index in [1.54, 1.807) is 13.1 Å². The zero-order chi connectivity index (χ0) is 11.5. The van der Waals surface area contributed by atoms with Crippen molar-refractivity contribution >= 4 is 5.97 Å². The molecule has 0 aliphatic rings. The van der Waals surface area contributed by atoms with Crippen molar-refractivity contribution in [2.24, 2.45) is 0 Å². The van der Waals surface area contributed by atoms with Gasteiger partial charge in [0.15, 0.2) is 0 Å². The Hall–Kier alpha value is -1.64. The van der Waals surface area contributed by atoms with Crippen molar-refractivity contribution in [1.82, 2.24) is 4.98 Å². The monoisotopic (exact) mass is 207 g/mol. The number of aryl methyl sites for hydroxylation is 1. The van der Waals surface area contributed by atoms with Gasteiger partial charge in [0.2, 0.25) is 0 Å². The molecule has 0 aliphatic carbocycles. The van der Waals surface area contributed by atoms with Crippen LogP contribution in [-0.4, -0.2) is 17.6 Å². The van der Waals surface area contributed by atoms with Gasteiger partial charge in [0.25, 0.3) is 0 Å². The number of hydrogen-bond acceptors (Lipinski definition) is 3. The summed E-state index contributed by atoms with van der Waals surface area (Å²) in [6, 6.07) is 4.03. The van der Waals surface area contributed by atoms with Crippen molar-refractivity contribution in [2.45, 2.75) is 20.3 Å². The van der Waals surface area contributed by atoms with Crippen molar-refractivity contribution in [2.75, 3.05) is 6.61 Å². The Bertz CT molecular complexity index is 283. The lowest BCUT2D eigenvalue weighted by atomic mass is 10.2. The first kappa shape index (κ1) is 13.4. The van der Waals surface area contributed by atoms with Crippen LogP contribution in [-0.2, 0) is 16.0 Å². The van der Waals surface area contributed by atoms with Crippen molar-refractivity contribution in [3.05, 3.63) is 42.7 Å². The highest BCUT2D eigenvalue weighted by atomic mass is 16.5. The maximum absolute atomic E-state index is 10.1. The molecule has 3 nitrogen and oxygen atoms in total. The second kappa shape index (κ2) is 8.94. The molecular weight excluding hydrogens is 190 g/mol. The van der Waals surface area contributed by atoms with Gasteiger partial charge in [0, 0.05) is 18.5 Å². The molecule has 1 aromatic rings. The standard InChI is InChI=1S/C7H9N.C5H8O2/c1-2-7-4-3-5-8-6-7;1-3-5(6)7-4-2/h3-6H,2H2,1H3;3H,1,4H2,2H3. The van der Waals surface area contributed by atoms with E-state index in [-0.39, 0.29) is 5.97 Å². The van der Waals surface area contributed by atoms with E-state index < -0.39 is 0 Å². The summed E-state index contributed by atoms with van der Waals surface area (Å²) in [5.41, 5.74) is 1.30. The molecule has 0 amide bonds. The highest BCUT2D eigenvalue weighted by Crippen LogP contribution is 1.93. The molecule has 0 aromatic carbocycles. The van der Waals surface area contributed by atoms with Crippen LogP contribution in [0, 0.1) is 0 Å². The summed E-state index contributed by atoms with van der Waals surface area (Å²) >= 11 is 0. The van der Waals surface area contributed by atoms with Crippen LogP contribution in [0.5, 0.6) is 0 Å². The van der Waals surface area contributed by atoms with E-state index in [0.29, 0.717) is 6.61 Å². The summed E-state index contributed by atoms with van der Waals surface area (Å²) in [5, 5.41) is 0. The van der Waals surface area contributed by atoms with Gasteiger partial charge in [-0.15, -0.1) is 0 Å². The smallest absolute Gasteiger partial charge is 0.330 e. The van der Waals surface area contributed by atoms with Gasteiger partial charge in [0.1, 0.15) is 0 Å². The van der Waals surface area contributed by atoms with Crippen LogP contribution < -0.4 is 0 Å². The summed E-state index contributed by atoms with van der Waals surface area (Å²) in [5.74, 6) is -0.359. The van der Waals surface area contributed by atoms with Gasteiger partial charge in [-0.1, -0.05) is 19.6 Å². The summed E-state index contributed by atoms with van der Waals surface area (Å²) in [6.07, 6.45) is 5.90. The molecule has 0 saturated heterocycles. The normalized spacial score (nSPS) is 8.40. The fourth-order valence-corrected chi connectivity index (χ4v) is 0.808. The Labute approximate surface area is 90.8 Å². The molecule has 1 heterocycles. The van der Waals surface area contributed by atoms with Crippen LogP contribution in [0.15, 0.2) is 37.2 Å². The number of carbonyl (C=O) groups excluding carboxylic acids is 1. The molecule has 82 valence electrons. The van der Waals surface area contributed by atoms with Crippen molar-refractivity contribution in [1.29, 1.82) is 0 Å². The third-order valence-electron chi connectivity index (χ3n) is 1.58. The molecule has 3 heteroatoms. The first-order chi connectivity index (χ1) is 7.24. The first-order valence-corrected chi connectivity index (χ1v) is 4.92. The molecule has 0 unspecified atom stereocenters. The molecule has 0 radical (unpaired) electrons. The maximum atomic E-state index is 10.1. The van der Waals surface area contributed by atoms with Crippen LogP contribution in [0.25, 0.3) is 0 Å². The molecular formula is C12H17NO2. The molecule has 0 atom stereocenters. The molecule has 0 spiro atoms. The summed E-state index contributed by atoms with van der Waals surface area (Å²) in [4.78, 5) is 14.0. The third-order valence-corrected chi connectivity index (χ3v) is 1.58. The quantitative estimate of drug-likeness (QED) is 0.564. The second-order valence-electron chi connectivity index (χ2n) is 2.67. The predicted octanol–water partition coefficient (Wildman–Crippen LogP) is 2.38. The van der Waals surface area contributed by atoms with Crippen LogP contribution in [0.1, 0.15) is 19.4 Å². The van der Waals surface area contributed by atoms with Gasteiger partial charge in [-0.2, -0.15) is 0 Å². The summed E-state index contributed by atoms with van der Waals surface area (Å²) in [7, 11) is 0. The average Bonchev–Trinajstić information content (AvgIpc) is 2.31. The lowest BCUT2D eigenvalue weighted by Gasteiger charge is -1.90. The van der Waals surface area contributed by atoms with E-state index in [1.165, 1.54) is 5.56 Å². The van der Waals surface area contributed by atoms with E-state index in [1.807, 2.05) is 12.3 Å². The van der Waals surface area contributed by atoms with Gasteiger partial charge in [-0.05, 0) is 25.0 Å². The zero-order valence-electron chi connectivity index (χ0n) is 9.27. The number of pyridine rings is 1. The van der Waals surface area contributed by atoms with Crippen LogP contribution >= 0.6 is 0 Å². The number of rotatable bonds is 3. The molecule has 15 heavy (non-hydrogen) atoms. The molecule has 1 rings (SSSR count). The molecule has 0 saturated carbocycles. The predicted molar refractivity (Wildman–Crippen MR) is 60.4 cm³/mol. The lowest BCUT2D eigenvalue weighted by molar-refractivity contribution is -0.137. The molecule has 0 N–H and O–H groups in total. The number of hydrogen-bond donors (Lipinski definition) is 0. The lowest BCUT2D eigenvalue weighted by Crippen LogP contribution is -1.97. The highest BCUT2D eigenvalue weighted by Gasteiger charge is 1.86. The van der Waals surface area contributed by atoms with Gasteiger partial charge in [-0.3, -0.25) is 4.98 Å². The minimum absolute atomic E-state index is 0.359. The van der Waals surface area contributed by atoms with Gasteiger partial charge >= 0.3 is 5.97 Å². The Morgan fingerprint density at radius 3 is 2.60 bits per heavy atom. The van der Waals surface area contributed by atoms with E-state index in [4.69, 9.17) is 0 Å². The van der Waals surface area contributed by atoms with Gasteiger partial charge in [-0.25, -0.2) is 4.79 Å². The Morgan fingerprint density at radius 2 is 2.33 bits per heavy atom. The molecule has 0 aliphatic heterocycles. The SMILES string of the molecule is C=CC(=O)OCC.CCc1cccnc1. The molecule has 0 bridgehead atoms. The molecule has 0 fully saturated rings. The second-order valence-corrected chi connectivity index (χ2v) is 2.67.